The summed E-state index contributed by atoms with van der Waals surface area (Å²) in [5, 5.41) is 11.9. The van der Waals surface area contributed by atoms with Crippen LogP contribution in [0.25, 0.3) is 17.2 Å². The van der Waals surface area contributed by atoms with Crippen LogP contribution in [0, 0.1) is 0 Å². The topological polar surface area (TPSA) is 49.3 Å². The second-order valence-corrected chi connectivity index (χ2v) is 6.24. The Morgan fingerprint density at radius 2 is 1.86 bits per heavy atom. The van der Waals surface area contributed by atoms with Gasteiger partial charge in [-0.3, -0.25) is 4.79 Å². The van der Waals surface area contributed by atoms with Crippen molar-refractivity contribution in [2.45, 2.75) is 0 Å². The molecular weight excluding hydrogens is 302 g/mol. The summed E-state index contributed by atoms with van der Waals surface area (Å²) in [6.07, 6.45) is 1.82. The molecule has 2 N–H and O–H groups in total. The average molecular weight is 313 g/mol. The lowest BCUT2D eigenvalue weighted by Crippen LogP contribution is -2.17. The van der Waals surface area contributed by atoms with Crippen molar-refractivity contribution in [1.29, 1.82) is 0 Å². The van der Waals surface area contributed by atoms with Crippen LogP contribution in [0.5, 0.6) is 5.75 Å². The van der Waals surface area contributed by atoms with E-state index in [1.54, 1.807) is 12.1 Å². The molecule has 21 heavy (non-hydrogen) atoms. The molecule has 3 nitrogen and oxygen atoms in total. The fourth-order valence-corrected chi connectivity index (χ4v) is 3.08. The highest BCUT2D eigenvalue weighted by Crippen LogP contribution is 2.28. The fraction of sp³-hybridized carbons (Fsp3) is 0. The van der Waals surface area contributed by atoms with E-state index < -0.39 is 0 Å². The first-order valence-corrected chi connectivity index (χ1v) is 7.48. The normalized spacial score (nSPS) is 16.3. The van der Waals surface area contributed by atoms with Gasteiger partial charge in [0.25, 0.3) is 5.91 Å². The SMILES string of the molecule is O=C1NC(=S)S/C1=C\c1cccc(-c2ccc(O)cc2)c1. The monoisotopic (exact) mass is 313 g/mol. The van der Waals surface area contributed by atoms with Crippen molar-refractivity contribution in [3.05, 3.63) is 59.0 Å². The number of hydrogen-bond donors (Lipinski definition) is 2. The molecule has 2 aromatic carbocycles. The maximum absolute atomic E-state index is 11.7. The number of thioether (sulfide) groups is 1. The lowest BCUT2D eigenvalue weighted by Gasteiger charge is -2.03. The Kier molecular flexibility index (Phi) is 3.77. The maximum atomic E-state index is 11.7. The van der Waals surface area contributed by atoms with Gasteiger partial charge in [-0.05, 0) is 41.0 Å². The van der Waals surface area contributed by atoms with Crippen molar-refractivity contribution in [3.8, 4) is 16.9 Å². The van der Waals surface area contributed by atoms with E-state index in [1.165, 1.54) is 11.8 Å². The largest absolute Gasteiger partial charge is 0.508 e. The molecule has 0 unspecified atom stereocenters. The van der Waals surface area contributed by atoms with Gasteiger partial charge in [-0.2, -0.15) is 0 Å². The summed E-state index contributed by atoms with van der Waals surface area (Å²) in [6, 6.07) is 14.9. The summed E-state index contributed by atoms with van der Waals surface area (Å²) in [5.74, 6) is 0.0876. The van der Waals surface area contributed by atoms with Crippen molar-refractivity contribution in [3.63, 3.8) is 0 Å². The van der Waals surface area contributed by atoms with Crippen molar-refractivity contribution < 1.29 is 9.90 Å². The summed E-state index contributed by atoms with van der Waals surface area (Å²) in [6.45, 7) is 0. The van der Waals surface area contributed by atoms with E-state index in [0.29, 0.717) is 9.23 Å². The Bertz CT molecular complexity index is 751. The number of carbonyl (C=O) groups excluding carboxylic acids is 1. The number of thiocarbonyl (C=S) groups is 1. The van der Waals surface area contributed by atoms with Crippen molar-refractivity contribution in [1.82, 2.24) is 5.32 Å². The van der Waals surface area contributed by atoms with Gasteiger partial charge < -0.3 is 10.4 Å². The zero-order chi connectivity index (χ0) is 14.8. The van der Waals surface area contributed by atoms with Gasteiger partial charge in [0.2, 0.25) is 0 Å². The van der Waals surface area contributed by atoms with Crippen molar-refractivity contribution in [2.75, 3.05) is 0 Å². The van der Waals surface area contributed by atoms with E-state index in [2.05, 4.69) is 5.32 Å². The molecule has 5 heteroatoms. The van der Waals surface area contributed by atoms with Crippen LogP contribution >= 0.6 is 24.0 Å². The standard InChI is InChI=1S/C16H11NO2S2/c18-13-6-4-11(5-7-13)12-3-1-2-10(8-12)9-14-15(19)17-16(20)21-14/h1-9,18H,(H,17,19,20)/b14-9-. The smallest absolute Gasteiger partial charge is 0.263 e. The third-order valence-corrected chi connectivity index (χ3v) is 4.19. The Morgan fingerprint density at radius 3 is 2.52 bits per heavy atom. The zero-order valence-electron chi connectivity index (χ0n) is 10.9. The van der Waals surface area contributed by atoms with Gasteiger partial charge in [0, 0.05) is 0 Å². The predicted molar refractivity (Wildman–Crippen MR) is 89.9 cm³/mol. The minimum atomic E-state index is -0.153. The van der Waals surface area contributed by atoms with Crippen LogP contribution in [0.3, 0.4) is 0 Å². The fourth-order valence-electron chi connectivity index (χ4n) is 2.03. The number of aromatic hydroxyl groups is 1. The van der Waals surface area contributed by atoms with Gasteiger partial charge >= 0.3 is 0 Å². The highest BCUT2D eigenvalue weighted by atomic mass is 32.2. The average Bonchev–Trinajstić information content (AvgIpc) is 2.78. The molecule has 1 fully saturated rings. The van der Waals surface area contributed by atoms with Crippen LogP contribution in [0.1, 0.15) is 5.56 Å². The highest BCUT2D eigenvalue weighted by molar-refractivity contribution is 8.26. The first kappa shape index (κ1) is 13.9. The molecule has 0 spiro atoms. The second kappa shape index (κ2) is 5.71. The molecule has 1 saturated heterocycles. The maximum Gasteiger partial charge on any atom is 0.263 e. The van der Waals surface area contributed by atoms with Crippen LogP contribution in [0.15, 0.2) is 53.4 Å². The Morgan fingerprint density at radius 1 is 1.10 bits per heavy atom. The minimum absolute atomic E-state index is 0.153. The van der Waals surface area contributed by atoms with Crippen molar-refractivity contribution >= 4 is 40.3 Å². The highest BCUT2D eigenvalue weighted by Gasteiger charge is 2.21. The molecule has 0 atom stereocenters. The van der Waals surface area contributed by atoms with Crippen LogP contribution in [0.2, 0.25) is 0 Å². The van der Waals surface area contributed by atoms with Crippen molar-refractivity contribution in [2.24, 2.45) is 0 Å². The van der Waals surface area contributed by atoms with Gasteiger partial charge in [-0.25, -0.2) is 0 Å². The number of amides is 1. The van der Waals surface area contributed by atoms with E-state index in [4.69, 9.17) is 12.2 Å². The number of carbonyl (C=O) groups is 1. The van der Waals surface area contributed by atoms with Gasteiger partial charge in [0.05, 0.1) is 4.91 Å². The molecule has 0 aliphatic carbocycles. The number of phenolic OH excluding ortho intramolecular Hbond substituents is 1. The van der Waals surface area contributed by atoms with Gasteiger partial charge in [0.15, 0.2) is 0 Å². The lowest BCUT2D eigenvalue weighted by atomic mass is 10.0. The molecule has 1 aliphatic heterocycles. The number of phenols is 1. The van der Waals surface area contributed by atoms with E-state index in [1.807, 2.05) is 42.5 Å². The first-order chi connectivity index (χ1) is 10.1. The summed E-state index contributed by atoms with van der Waals surface area (Å²) in [7, 11) is 0. The molecule has 3 rings (SSSR count). The quantitative estimate of drug-likeness (QED) is 0.657. The molecule has 2 aromatic rings. The van der Waals surface area contributed by atoms with Crippen LogP contribution in [-0.4, -0.2) is 15.3 Å². The molecular formula is C16H11NO2S2. The third-order valence-electron chi connectivity index (χ3n) is 3.03. The molecule has 0 aromatic heterocycles. The summed E-state index contributed by atoms with van der Waals surface area (Å²) < 4.78 is 0.487. The minimum Gasteiger partial charge on any atom is -0.508 e. The summed E-state index contributed by atoms with van der Waals surface area (Å²) in [4.78, 5) is 12.3. The summed E-state index contributed by atoms with van der Waals surface area (Å²) >= 11 is 6.24. The predicted octanol–water partition coefficient (Wildman–Crippen LogP) is 3.55. The van der Waals surface area contributed by atoms with Gasteiger partial charge in [-0.15, -0.1) is 0 Å². The molecule has 0 radical (unpaired) electrons. The Balaban J connectivity index is 1.93. The molecule has 1 aliphatic rings. The second-order valence-electron chi connectivity index (χ2n) is 4.52. The first-order valence-electron chi connectivity index (χ1n) is 6.26. The number of nitrogens with one attached hydrogen (secondary N) is 1. The molecule has 104 valence electrons. The molecule has 1 amide bonds. The van der Waals surface area contributed by atoms with Crippen LogP contribution < -0.4 is 5.32 Å². The number of benzene rings is 2. The van der Waals surface area contributed by atoms with Crippen LogP contribution in [0.4, 0.5) is 0 Å². The lowest BCUT2D eigenvalue weighted by molar-refractivity contribution is -0.115. The van der Waals surface area contributed by atoms with Gasteiger partial charge in [-0.1, -0.05) is 54.3 Å². The third kappa shape index (κ3) is 3.15. The zero-order valence-corrected chi connectivity index (χ0v) is 12.5. The Hall–Kier alpha value is -2.11. The Labute approximate surface area is 131 Å². The summed E-state index contributed by atoms with van der Waals surface area (Å²) in [5.41, 5.74) is 2.96. The van der Waals surface area contributed by atoms with E-state index in [0.717, 1.165) is 16.7 Å². The van der Waals surface area contributed by atoms with E-state index >= 15 is 0 Å². The molecule has 1 heterocycles. The molecule has 0 bridgehead atoms. The van der Waals surface area contributed by atoms with Crippen LogP contribution in [-0.2, 0) is 4.79 Å². The van der Waals surface area contributed by atoms with E-state index in [-0.39, 0.29) is 11.7 Å². The number of hydrogen-bond acceptors (Lipinski definition) is 4. The van der Waals surface area contributed by atoms with E-state index in [9.17, 15) is 9.90 Å². The number of rotatable bonds is 2. The van der Waals surface area contributed by atoms with Gasteiger partial charge in [0.1, 0.15) is 10.1 Å². The molecule has 0 saturated carbocycles.